The van der Waals surface area contributed by atoms with Crippen LogP contribution in [0.25, 0.3) is 0 Å². The molecule has 0 amide bonds. The third kappa shape index (κ3) is 9.98. The predicted octanol–water partition coefficient (Wildman–Crippen LogP) is 7.43. The van der Waals surface area contributed by atoms with Gasteiger partial charge in [-0.05, 0) is 157 Å². The lowest BCUT2D eigenvalue weighted by atomic mass is 9.43. The van der Waals surface area contributed by atoms with Gasteiger partial charge in [0.05, 0.1) is 18.3 Å². The molecule has 0 saturated heterocycles. The fourth-order valence-electron chi connectivity index (χ4n) is 11.5. The summed E-state index contributed by atoms with van der Waals surface area (Å²) in [5, 5.41) is 3.77. The van der Waals surface area contributed by atoms with Crippen molar-refractivity contribution >= 4 is 0 Å². The summed E-state index contributed by atoms with van der Waals surface area (Å²) in [5.41, 5.74) is 18.3. The summed E-state index contributed by atoms with van der Waals surface area (Å²) in [4.78, 5) is 0. The van der Waals surface area contributed by atoms with Crippen LogP contribution in [-0.4, -0.2) is 70.9 Å². The van der Waals surface area contributed by atoms with Crippen molar-refractivity contribution in [3.8, 4) is 0 Å². The second kappa shape index (κ2) is 20.7. The van der Waals surface area contributed by atoms with Crippen molar-refractivity contribution in [3.05, 3.63) is 0 Å². The molecule has 0 radical (unpaired) electrons. The zero-order valence-electron chi connectivity index (χ0n) is 32.0. The van der Waals surface area contributed by atoms with Gasteiger partial charge in [0.2, 0.25) is 0 Å². The van der Waals surface area contributed by atoms with Crippen molar-refractivity contribution in [2.75, 3.05) is 52.5 Å². The molecule has 7 nitrogen and oxygen atoms in total. The molecule has 0 spiro atoms. The fraction of sp³-hybridized carbons (Fsp3) is 1.00. The number of ether oxygens (including phenoxy) is 3. The van der Waals surface area contributed by atoms with Crippen LogP contribution in [0.3, 0.4) is 0 Å². The average Bonchev–Trinajstić information content (AvgIpc) is 3.44. The van der Waals surface area contributed by atoms with Gasteiger partial charge in [0, 0.05) is 25.2 Å². The minimum Gasteiger partial charge on any atom is -0.378 e. The largest absolute Gasteiger partial charge is 0.378 e. The van der Waals surface area contributed by atoms with Gasteiger partial charge in [-0.15, -0.1) is 0 Å². The third-order valence-corrected chi connectivity index (χ3v) is 14.2. The molecule has 0 heterocycles. The van der Waals surface area contributed by atoms with Gasteiger partial charge in [-0.25, -0.2) is 0 Å². The Labute approximate surface area is 296 Å². The smallest absolute Gasteiger partial charge is 0.0637 e. The number of nitrogens with one attached hydrogen (secondary N) is 1. The van der Waals surface area contributed by atoms with Gasteiger partial charge < -0.3 is 36.7 Å². The first-order valence-corrected chi connectivity index (χ1v) is 21.0. The first-order chi connectivity index (χ1) is 23.3. The molecule has 0 aromatic carbocycles. The summed E-state index contributed by atoms with van der Waals surface area (Å²) < 4.78 is 20.4. The van der Waals surface area contributed by atoms with Crippen molar-refractivity contribution in [3.63, 3.8) is 0 Å². The molecule has 7 N–H and O–H groups in total. The van der Waals surface area contributed by atoms with Crippen molar-refractivity contribution in [2.45, 2.75) is 162 Å². The van der Waals surface area contributed by atoms with E-state index in [1.807, 2.05) is 0 Å². The minimum atomic E-state index is 0.183. The van der Waals surface area contributed by atoms with Gasteiger partial charge in [-0.3, -0.25) is 0 Å². The molecule has 7 heteroatoms. The van der Waals surface area contributed by atoms with Crippen LogP contribution in [0.1, 0.15) is 143 Å². The Kier molecular flexibility index (Phi) is 17.4. The normalized spacial score (nSPS) is 36.8. The maximum absolute atomic E-state index is 7.03. The van der Waals surface area contributed by atoms with E-state index in [4.69, 9.17) is 31.4 Å². The van der Waals surface area contributed by atoms with Gasteiger partial charge in [0.15, 0.2) is 0 Å². The van der Waals surface area contributed by atoms with E-state index >= 15 is 0 Å². The van der Waals surface area contributed by atoms with Crippen LogP contribution in [0.15, 0.2) is 0 Å². The Morgan fingerprint density at radius 2 is 1.38 bits per heavy atom. The summed E-state index contributed by atoms with van der Waals surface area (Å²) in [6.07, 6.45) is 23.2. The highest BCUT2D eigenvalue weighted by Crippen LogP contribution is 2.69. The molecule has 0 aromatic heterocycles. The van der Waals surface area contributed by atoms with Crippen LogP contribution >= 0.6 is 0 Å². The first-order valence-electron chi connectivity index (χ1n) is 21.0. The molecule has 282 valence electrons. The molecule has 0 bridgehead atoms. The van der Waals surface area contributed by atoms with Crippen LogP contribution in [-0.2, 0) is 14.2 Å². The van der Waals surface area contributed by atoms with E-state index in [0.717, 1.165) is 52.0 Å². The lowest BCUT2D eigenvalue weighted by molar-refractivity contribution is -0.227. The summed E-state index contributed by atoms with van der Waals surface area (Å²) in [6, 6.07) is 0. The lowest BCUT2D eigenvalue weighted by Crippen LogP contribution is -2.63. The van der Waals surface area contributed by atoms with Crippen LogP contribution in [0.2, 0.25) is 0 Å². The maximum atomic E-state index is 7.03. The lowest BCUT2D eigenvalue weighted by Gasteiger charge is -2.65. The van der Waals surface area contributed by atoms with Gasteiger partial charge >= 0.3 is 0 Å². The minimum absolute atomic E-state index is 0.183. The van der Waals surface area contributed by atoms with Crippen molar-refractivity contribution < 1.29 is 14.2 Å². The highest BCUT2D eigenvalue weighted by Gasteiger charge is 2.66. The highest BCUT2D eigenvalue weighted by molar-refractivity contribution is 5.15. The zero-order valence-corrected chi connectivity index (χ0v) is 32.0. The fourth-order valence-corrected chi connectivity index (χ4v) is 11.5. The number of rotatable bonds is 24. The second-order valence-corrected chi connectivity index (χ2v) is 17.1. The molecular formula is C41H80N4O3. The second-order valence-electron chi connectivity index (χ2n) is 17.1. The number of unbranched alkanes of at least 4 members (excludes halogenated alkanes) is 5. The number of hydrogen-bond acceptors (Lipinski definition) is 7. The van der Waals surface area contributed by atoms with Crippen LogP contribution < -0.4 is 22.5 Å². The topological polar surface area (TPSA) is 118 Å². The Morgan fingerprint density at radius 1 is 0.708 bits per heavy atom. The molecule has 4 aliphatic rings. The van der Waals surface area contributed by atoms with Crippen molar-refractivity contribution in [1.29, 1.82) is 0 Å². The van der Waals surface area contributed by atoms with Crippen LogP contribution in [0.4, 0.5) is 0 Å². The third-order valence-electron chi connectivity index (χ3n) is 14.2. The predicted molar refractivity (Wildman–Crippen MR) is 201 cm³/mol. The number of nitrogens with two attached hydrogens (primary N) is 3. The van der Waals surface area contributed by atoms with Crippen LogP contribution in [0, 0.1) is 46.3 Å². The van der Waals surface area contributed by atoms with Gasteiger partial charge in [-0.1, -0.05) is 59.8 Å². The molecule has 48 heavy (non-hydrogen) atoms. The molecule has 4 fully saturated rings. The zero-order chi connectivity index (χ0) is 34.4. The van der Waals surface area contributed by atoms with Gasteiger partial charge in [0.25, 0.3) is 0 Å². The Balaban J connectivity index is 1.46. The Morgan fingerprint density at radius 3 is 2.10 bits per heavy atom. The number of hydrogen-bond donors (Lipinski definition) is 4. The Bertz CT molecular complexity index is 879. The Hall–Kier alpha value is -0.280. The molecule has 4 aliphatic carbocycles. The monoisotopic (exact) mass is 677 g/mol. The summed E-state index contributed by atoms with van der Waals surface area (Å²) in [6.45, 7) is 17.0. The van der Waals surface area contributed by atoms with Gasteiger partial charge in [0.1, 0.15) is 0 Å². The first kappa shape index (κ1) is 40.5. The molecular weight excluding hydrogens is 596 g/mol. The van der Waals surface area contributed by atoms with E-state index in [1.54, 1.807) is 0 Å². The van der Waals surface area contributed by atoms with Crippen molar-refractivity contribution in [2.24, 2.45) is 63.5 Å². The van der Waals surface area contributed by atoms with E-state index in [0.29, 0.717) is 78.9 Å². The SMILES string of the molecule is CCCCCCCCNCCCC(C)[C@H]1CC[C@H]2C3C(OCCCN)CC4C[C@H](OCCCN)CC[C@]4(C)[C@H]3C[C@H](OCCCN)[C@]12C. The molecule has 11 atom stereocenters. The highest BCUT2D eigenvalue weighted by atomic mass is 16.5. The van der Waals surface area contributed by atoms with E-state index in [-0.39, 0.29) is 5.41 Å². The number of fused-ring (bicyclic) bond motifs is 5. The maximum Gasteiger partial charge on any atom is 0.0637 e. The summed E-state index contributed by atoms with van der Waals surface area (Å²) in [5.74, 6) is 3.92. The van der Waals surface area contributed by atoms with Gasteiger partial charge in [-0.2, -0.15) is 0 Å². The van der Waals surface area contributed by atoms with Crippen LogP contribution in [0.5, 0.6) is 0 Å². The summed E-state index contributed by atoms with van der Waals surface area (Å²) in [7, 11) is 0. The molecule has 0 aliphatic heterocycles. The summed E-state index contributed by atoms with van der Waals surface area (Å²) >= 11 is 0. The molecule has 0 aromatic rings. The quantitative estimate of drug-likeness (QED) is 0.0786. The standard InChI is InChI=1S/C41H80N4O3/c1-5-6-7-8-9-10-23-45-24-11-15-31(2)34-16-17-35-39-36(30-38(41(34,35)4)48-27-14-22-44)40(3)19-18-33(46-25-12-20-42)28-32(40)29-37(39)47-26-13-21-43/h31-39,45H,5-30,42-44H2,1-4H3/t31?,32?,33-,34-,35+,36+,37?,38+,39?,40+,41-/m1/s1. The molecule has 4 unspecified atom stereocenters. The van der Waals surface area contributed by atoms with Crippen molar-refractivity contribution in [1.82, 2.24) is 5.32 Å². The molecule has 4 saturated carbocycles. The van der Waals surface area contributed by atoms with E-state index in [9.17, 15) is 0 Å². The van der Waals surface area contributed by atoms with E-state index < -0.39 is 0 Å². The van der Waals surface area contributed by atoms with E-state index in [1.165, 1.54) is 96.4 Å². The average molecular weight is 677 g/mol. The molecule has 4 rings (SSSR count). The van der Waals surface area contributed by atoms with E-state index in [2.05, 4.69) is 33.0 Å².